The highest BCUT2D eigenvalue weighted by Gasteiger charge is 2.21. The molecule has 4 rings (SSSR count). The van der Waals surface area contributed by atoms with Crippen LogP contribution in [0.2, 0.25) is 0 Å². The maximum Gasteiger partial charge on any atom is 0.276 e. The SMILES string of the molecule is Cc1cc(C(=O)Nc2cccc(COCC3CC3)c2)nn1-c1ccccc1. The zero-order chi connectivity index (χ0) is 18.6. The van der Waals surface area contributed by atoms with Crippen molar-refractivity contribution in [3.8, 4) is 5.69 Å². The van der Waals surface area contributed by atoms with Gasteiger partial charge in [-0.2, -0.15) is 5.10 Å². The summed E-state index contributed by atoms with van der Waals surface area (Å²) >= 11 is 0. The van der Waals surface area contributed by atoms with Crippen molar-refractivity contribution in [2.45, 2.75) is 26.4 Å². The van der Waals surface area contributed by atoms with Gasteiger partial charge in [-0.3, -0.25) is 4.79 Å². The van der Waals surface area contributed by atoms with E-state index in [2.05, 4.69) is 10.4 Å². The first-order chi connectivity index (χ1) is 13.2. The molecule has 0 bridgehead atoms. The van der Waals surface area contributed by atoms with Crippen molar-refractivity contribution in [2.24, 2.45) is 5.92 Å². The van der Waals surface area contributed by atoms with E-state index in [0.717, 1.165) is 35.2 Å². The molecule has 2 aromatic carbocycles. The lowest BCUT2D eigenvalue weighted by atomic mass is 10.2. The van der Waals surface area contributed by atoms with Crippen LogP contribution >= 0.6 is 0 Å². The van der Waals surface area contributed by atoms with E-state index in [1.807, 2.05) is 61.5 Å². The Hall–Kier alpha value is -2.92. The van der Waals surface area contributed by atoms with Crippen molar-refractivity contribution in [1.29, 1.82) is 0 Å². The molecule has 0 spiro atoms. The lowest BCUT2D eigenvalue weighted by Crippen LogP contribution is -2.13. The number of nitrogens with one attached hydrogen (secondary N) is 1. The van der Waals surface area contributed by atoms with Gasteiger partial charge in [0.25, 0.3) is 5.91 Å². The number of amides is 1. The van der Waals surface area contributed by atoms with Gasteiger partial charge in [-0.05, 0) is 61.6 Å². The molecule has 1 aliphatic carbocycles. The Morgan fingerprint density at radius 1 is 1.15 bits per heavy atom. The van der Waals surface area contributed by atoms with Gasteiger partial charge in [-0.15, -0.1) is 0 Å². The van der Waals surface area contributed by atoms with Crippen LogP contribution in [0, 0.1) is 12.8 Å². The highest BCUT2D eigenvalue weighted by Crippen LogP contribution is 2.29. The Labute approximate surface area is 159 Å². The summed E-state index contributed by atoms with van der Waals surface area (Å²) in [5, 5.41) is 7.39. The molecule has 0 unspecified atom stereocenters. The average molecular weight is 361 g/mol. The highest BCUT2D eigenvalue weighted by atomic mass is 16.5. The number of rotatable bonds is 7. The first-order valence-electron chi connectivity index (χ1n) is 9.29. The first kappa shape index (κ1) is 17.5. The summed E-state index contributed by atoms with van der Waals surface area (Å²) < 4.78 is 7.50. The summed E-state index contributed by atoms with van der Waals surface area (Å²) in [6.07, 6.45) is 2.57. The summed E-state index contributed by atoms with van der Waals surface area (Å²) in [5.41, 5.74) is 4.04. The lowest BCUT2D eigenvalue weighted by molar-refractivity contribution is 0.102. The summed E-state index contributed by atoms with van der Waals surface area (Å²) in [4.78, 5) is 12.6. The van der Waals surface area contributed by atoms with Gasteiger partial charge in [0.1, 0.15) is 0 Å². The molecular weight excluding hydrogens is 338 g/mol. The summed E-state index contributed by atoms with van der Waals surface area (Å²) in [6, 6.07) is 19.4. The summed E-state index contributed by atoms with van der Waals surface area (Å²) in [6.45, 7) is 3.34. The van der Waals surface area contributed by atoms with Gasteiger partial charge in [0.15, 0.2) is 5.69 Å². The molecule has 138 valence electrons. The smallest absolute Gasteiger partial charge is 0.276 e. The van der Waals surface area contributed by atoms with Gasteiger partial charge < -0.3 is 10.1 Å². The molecule has 1 aromatic heterocycles. The van der Waals surface area contributed by atoms with Crippen LogP contribution in [-0.4, -0.2) is 22.3 Å². The molecule has 0 saturated heterocycles. The molecule has 1 aliphatic rings. The number of carbonyl (C=O) groups excluding carboxylic acids is 1. The van der Waals surface area contributed by atoms with E-state index in [9.17, 15) is 4.79 Å². The number of benzene rings is 2. The topological polar surface area (TPSA) is 56.1 Å². The molecule has 1 heterocycles. The van der Waals surface area contributed by atoms with Crippen molar-refractivity contribution in [3.05, 3.63) is 77.6 Å². The van der Waals surface area contributed by atoms with Crippen molar-refractivity contribution in [1.82, 2.24) is 9.78 Å². The average Bonchev–Trinajstić information content (AvgIpc) is 3.42. The number of hydrogen-bond acceptors (Lipinski definition) is 3. The predicted molar refractivity (Wildman–Crippen MR) is 105 cm³/mol. The number of aromatic nitrogens is 2. The van der Waals surface area contributed by atoms with Gasteiger partial charge in [0, 0.05) is 18.0 Å². The van der Waals surface area contributed by atoms with Gasteiger partial charge >= 0.3 is 0 Å². The van der Waals surface area contributed by atoms with Crippen LogP contribution in [0.3, 0.4) is 0 Å². The van der Waals surface area contributed by atoms with Crippen molar-refractivity contribution < 1.29 is 9.53 Å². The van der Waals surface area contributed by atoms with Gasteiger partial charge in [-0.1, -0.05) is 30.3 Å². The molecule has 1 amide bonds. The van der Waals surface area contributed by atoms with Crippen molar-refractivity contribution >= 4 is 11.6 Å². The second kappa shape index (κ2) is 7.76. The van der Waals surface area contributed by atoms with Crippen LogP contribution in [0.25, 0.3) is 5.69 Å². The number of anilines is 1. The third-order valence-corrected chi connectivity index (χ3v) is 4.62. The second-order valence-electron chi connectivity index (χ2n) is 7.03. The monoisotopic (exact) mass is 361 g/mol. The summed E-state index contributed by atoms with van der Waals surface area (Å²) in [5.74, 6) is 0.527. The minimum absolute atomic E-state index is 0.219. The Morgan fingerprint density at radius 2 is 1.96 bits per heavy atom. The normalized spacial score (nSPS) is 13.5. The van der Waals surface area contributed by atoms with E-state index in [1.165, 1.54) is 12.8 Å². The molecule has 0 atom stereocenters. The zero-order valence-electron chi connectivity index (χ0n) is 15.4. The van der Waals surface area contributed by atoms with E-state index >= 15 is 0 Å². The van der Waals surface area contributed by atoms with Crippen LogP contribution < -0.4 is 5.32 Å². The third-order valence-electron chi connectivity index (χ3n) is 4.62. The Balaban J connectivity index is 1.43. The standard InChI is InChI=1S/C22H23N3O2/c1-16-12-21(24-25(16)20-8-3-2-4-9-20)22(26)23-19-7-5-6-18(13-19)15-27-14-17-10-11-17/h2-9,12-13,17H,10-11,14-15H2,1H3,(H,23,26). The fourth-order valence-corrected chi connectivity index (χ4v) is 2.98. The molecule has 1 fully saturated rings. The maximum atomic E-state index is 12.6. The number of para-hydroxylation sites is 1. The molecule has 1 N–H and O–H groups in total. The van der Waals surface area contributed by atoms with Crippen LogP contribution in [0.1, 0.15) is 34.6 Å². The summed E-state index contributed by atoms with van der Waals surface area (Å²) in [7, 11) is 0. The largest absolute Gasteiger partial charge is 0.376 e. The Kier molecular flexibility index (Phi) is 5.03. The van der Waals surface area contributed by atoms with Gasteiger partial charge in [-0.25, -0.2) is 4.68 Å². The maximum absolute atomic E-state index is 12.6. The molecule has 5 heteroatoms. The molecule has 1 saturated carbocycles. The Bertz CT molecular complexity index is 930. The molecule has 0 aliphatic heterocycles. The van der Waals surface area contributed by atoms with Crippen molar-refractivity contribution in [3.63, 3.8) is 0 Å². The molecular formula is C22H23N3O2. The number of nitrogens with zero attached hydrogens (tertiary/aromatic N) is 2. The molecule has 27 heavy (non-hydrogen) atoms. The number of aryl methyl sites for hydroxylation is 1. The third kappa shape index (κ3) is 4.44. The fraction of sp³-hybridized carbons (Fsp3) is 0.273. The fourth-order valence-electron chi connectivity index (χ4n) is 2.98. The van der Waals surface area contributed by atoms with E-state index < -0.39 is 0 Å². The van der Waals surface area contributed by atoms with E-state index in [1.54, 1.807) is 10.7 Å². The Morgan fingerprint density at radius 3 is 2.74 bits per heavy atom. The molecule has 3 aromatic rings. The van der Waals surface area contributed by atoms with Crippen LogP contribution in [-0.2, 0) is 11.3 Å². The number of ether oxygens (including phenoxy) is 1. The quantitative estimate of drug-likeness (QED) is 0.680. The van der Waals surface area contributed by atoms with Crippen molar-refractivity contribution in [2.75, 3.05) is 11.9 Å². The first-order valence-corrected chi connectivity index (χ1v) is 9.29. The lowest BCUT2D eigenvalue weighted by Gasteiger charge is -2.07. The minimum Gasteiger partial charge on any atom is -0.376 e. The highest BCUT2D eigenvalue weighted by molar-refractivity contribution is 6.03. The second-order valence-corrected chi connectivity index (χ2v) is 7.03. The molecule has 5 nitrogen and oxygen atoms in total. The van der Waals surface area contributed by atoms with Gasteiger partial charge in [0.2, 0.25) is 0 Å². The zero-order valence-corrected chi connectivity index (χ0v) is 15.4. The van der Waals surface area contributed by atoms with E-state index in [-0.39, 0.29) is 5.91 Å². The minimum atomic E-state index is -0.219. The van der Waals surface area contributed by atoms with Crippen LogP contribution in [0.4, 0.5) is 5.69 Å². The molecule has 0 radical (unpaired) electrons. The van der Waals surface area contributed by atoms with E-state index in [0.29, 0.717) is 12.3 Å². The van der Waals surface area contributed by atoms with Gasteiger partial charge in [0.05, 0.1) is 12.3 Å². The van der Waals surface area contributed by atoms with E-state index in [4.69, 9.17) is 4.74 Å². The van der Waals surface area contributed by atoms with Crippen LogP contribution in [0.5, 0.6) is 0 Å². The number of carbonyl (C=O) groups is 1. The number of hydrogen-bond donors (Lipinski definition) is 1. The predicted octanol–water partition coefficient (Wildman–Crippen LogP) is 4.36. The van der Waals surface area contributed by atoms with Crippen LogP contribution in [0.15, 0.2) is 60.7 Å².